The van der Waals surface area contributed by atoms with Crippen LogP contribution >= 0.6 is 50.6 Å². The van der Waals surface area contributed by atoms with Crippen LogP contribution in [-0.2, 0) is 4.79 Å². The number of carbonyl (C=O) groups excluding carboxylic acids is 2. The number of rotatable bonds is 6. The van der Waals surface area contributed by atoms with E-state index in [0.717, 1.165) is 26.9 Å². The van der Waals surface area contributed by atoms with E-state index < -0.39 is 0 Å². The largest absolute Gasteiger partial charge is 0.325 e. The molecule has 2 aromatic carbocycles. The van der Waals surface area contributed by atoms with E-state index >= 15 is 0 Å². The summed E-state index contributed by atoms with van der Waals surface area (Å²) in [7, 11) is 0. The molecule has 0 unspecified atom stereocenters. The number of amides is 2. The van der Waals surface area contributed by atoms with E-state index in [1.54, 1.807) is 18.2 Å². The Morgan fingerprint density at radius 1 is 1.10 bits per heavy atom. The minimum Gasteiger partial charge on any atom is -0.325 e. The Hall–Kier alpha value is -1.94. The fourth-order valence-corrected chi connectivity index (χ4v) is 4.95. The fourth-order valence-electron chi connectivity index (χ4n) is 2.83. The van der Waals surface area contributed by atoms with Gasteiger partial charge in [0.1, 0.15) is 0 Å². The number of benzene rings is 2. The lowest BCUT2D eigenvalue weighted by atomic mass is 10.1. The maximum absolute atomic E-state index is 12.4. The zero-order valence-electron chi connectivity index (χ0n) is 16.4. The van der Waals surface area contributed by atoms with Crippen molar-refractivity contribution in [2.45, 2.75) is 25.1 Å². The summed E-state index contributed by atoms with van der Waals surface area (Å²) in [4.78, 5) is 24.8. The molecule has 0 fully saturated rings. The third-order valence-corrected chi connectivity index (χ3v) is 6.86. The second kappa shape index (κ2) is 9.91. The Kier molecular flexibility index (Phi) is 7.51. The molecule has 0 aliphatic rings. The van der Waals surface area contributed by atoms with Gasteiger partial charge in [0, 0.05) is 10.2 Å². The van der Waals surface area contributed by atoms with Crippen LogP contribution in [0.4, 0.5) is 10.8 Å². The van der Waals surface area contributed by atoms with Gasteiger partial charge in [-0.05, 0) is 50.1 Å². The van der Waals surface area contributed by atoms with E-state index in [-0.39, 0.29) is 17.6 Å². The highest BCUT2D eigenvalue weighted by Crippen LogP contribution is 2.28. The number of halogens is 2. The predicted octanol–water partition coefficient (Wildman–Crippen LogP) is 5.86. The summed E-state index contributed by atoms with van der Waals surface area (Å²) in [5.74, 6) is -0.318. The van der Waals surface area contributed by atoms with Crippen molar-refractivity contribution >= 4 is 73.3 Å². The third-order valence-electron chi connectivity index (χ3n) is 4.07. The van der Waals surface area contributed by atoms with Gasteiger partial charge in [0.2, 0.25) is 11.0 Å². The number of hydrogen-bond donors (Lipinski definition) is 2. The molecule has 0 radical (unpaired) electrons. The SMILES string of the molecule is Cc1cc(C)c(NC(=O)CSc2nnc(NC(=O)c3cc(Br)ccc3Cl)s2)c(C)c1. The summed E-state index contributed by atoms with van der Waals surface area (Å²) in [6.45, 7) is 5.97. The van der Waals surface area contributed by atoms with Crippen molar-refractivity contribution in [3.05, 3.63) is 62.1 Å². The second-order valence-corrected chi connectivity index (χ2v) is 10.1. The number of aryl methyl sites for hydroxylation is 3. The van der Waals surface area contributed by atoms with Crippen LogP contribution in [0.1, 0.15) is 27.0 Å². The lowest BCUT2D eigenvalue weighted by molar-refractivity contribution is -0.113. The fraction of sp³-hybridized carbons (Fsp3) is 0.200. The molecular formula is C20H18BrClN4O2S2. The summed E-state index contributed by atoms with van der Waals surface area (Å²) in [6, 6.07) is 9.09. The van der Waals surface area contributed by atoms with E-state index in [9.17, 15) is 9.59 Å². The molecule has 3 aromatic rings. The Balaban J connectivity index is 1.57. The first kappa shape index (κ1) is 22.7. The lowest BCUT2D eigenvalue weighted by Crippen LogP contribution is -2.15. The quantitative estimate of drug-likeness (QED) is 0.311. The van der Waals surface area contributed by atoms with Crippen molar-refractivity contribution < 1.29 is 9.59 Å². The number of aromatic nitrogens is 2. The third kappa shape index (κ3) is 5.81. The maximum Gasteiger partial charge on any atom is 0.259 e. The first-order valence-corrected chi connectivity index (χ1v) is 11.8. The van der Waals surface area contributed by atoms with Gasteiger partial charge in [-0.3, -0.25) is 14.9 Å². The molecule has 3 rings (SSSR count). The number of nitrogens with one attached hydrogen (secondary N) is 2. The van der Waals surface area contributed by atoms with Crippen LogP contribution in [0.15, 0.2) is 39.1 Å². The minimum atomic E-state index is -0.378. The summed E-state index contributed by atoms with van der Waals surface area (Å²) in [5.41, 5.74) is 4.38. The molecule has 0 bridgehead atoms. The van der Waals surface area contributed by atoms with Gasteiger partial charge in [0.15, 0.2) is 4.34 Å². The highest BCUT2D eigenvalue weighted by atomic mass is 79.9. The molecule has 1 heterocycles. The molecular weight excluding hydrogens is 508 g/mol. The molecule has 30 heavy (non-hydrogen) atoms. The lowest BCUT2D eigenvalue weighted by Gasteiger charge is -2.12. The normalized spacial score (nSPS) is 10.7. The van der Waals surface area contributed by atoms with E-state index in [2.05, 4.69) is 36.8 Å². The minimum absolute atomic E-state index is 0.128. The zero-order valence-corrected chi connectivity index (χ0v) is 20.4. The Morgan fingerprint density at radius 2 is 1.80 bits per heavy atom. The highest BCUT2D eigenvalue weighted by molar-refractivity contribution is 9.10. The average molecular weight is 526 g/mol. The van der Waals surface area contributed by atoms with Crippen molar-refractivity contribution in [3.8, 4) is 0 Å². The van der Waals surface area contributed by atoms with Crippen LogP contribution in [0.2, 0.25) is 5.02 Å². The van der Waals surface area contributed by atoms with Crippen LogP contribution in [-0.4, -0.2) is 27.8 Å². The molecule has 0 spiro atoms. The van der Waals surface area contributed by atoms with E-state index in [0.29, 0.717) is 20.1 Å². The van der Waals surface area contributed by atoms with Gasteiger partial charge in [-0.25, -0.2) is 0 Å². The van der Waals surface area contributed by atoms with Gasteiger partial charge >= 0.3 is 0 Å². The van der Waals surface area contributed by atoms with E-state index in [4.69, 9.17) is 11.6 Å². The van der Waals surface area contributed by atoms with Gasteiger partial charge in [-0.1, -0.05) is 68.3 Å². The smallest absolute Gasteiger partial charge is 0.259 e. The molecule has 2 amide bonds. The second-order valence-electron chi connectivity index (χ2n) is 6.56. The van der Waals surface area contributed by atoms with Crippen molar-refractivity contribution in [1.29, 1.82) is 0 Å². The summed E-state index contributed by atoms with van der Waals surface area (Å²) >= 11 is 11.9. The number of nitrogens with zero attached hydrogens (tertiary/aromatic N) is 2. The van der Waals surface area contributed by atoms with Gasteiger partial charge in [0.05, 0.1) is 16.3 Å². The Morgan fingerprint density at radius 3 is 2.50 bits per heavy atom. The van der Waals surface area contributed by atoms with Crippen LogP contribution in [0.3, 0.4) is 0 Å². The predicted molar refractivity (Wildman–Crippen MR) is 127 cm³/mol. The Bertz CT molecular complexity index is 1100. The summed E-state index contributed by atoms with van der Waals surface area (Å²) in [6.07, 6.45) is 0. The van der Waals surface area contributed by atoms with Crippen LogP contribution < -0.4 is 10.6 Å². The monoisotopic (exact) mass is 524 g/mol. The molecule has 0 aliphatic carbocycles. The molecule has 156 valence electrons. The zero-order chi connectivity index (χ0) is 21.8. The molecule has 1 aromatic heterocycles. The van der Waals surface area contributed by atoms with Gasteiger partial charge in [-0.2, -0.15) is 0 Å². The molecule has 0 atom stereocenters. The molecule has 0 saturated carbocycles. The molecule has 0 aliphatic heterocycles. The molecule has 6 nitrogen and oxygen atoms in total. The first-order chi connectivity index (χ1) is 14.2. The molecule has 2 N–H and O–H groups in total. The average Bonchev–Trinajstić information content (AvgIpc) is 3.12. The highest BCUT2D eigenvalue weighted by Gasteiger charge is 2.15. The number of hydrogen-bond acceptors (Lipinski definition) is 6. The van der Waals surface area contributed by atoms with Crippen molar-refractivity contribution in [1.82, 2.24) is 10.2 Å². The van der Waals surface area contributed by atoms with Crippen LogP contribution in [0.5, 0.6) is 0 Å². The number of anilines is 2. The van der Waals surface area contributed by atoms with Gasteiger partial charge in [-0.15, -0.1) is 10.2 Å². The van der Waals surface area contributed by atoms with Crippen molar-refractivity contribution in [2.75, 3.05) is 16.4 Å². The molecule has 0 saturated heterocycles. The first-order valence-electron chi connectivity index (χ1n) is 8.83. The van der Waals surface area contributed by atoms with Gasteiger partial charge in [0.25, 0.3) is 5.91 Å². The topological polar surface area (TPSA) is 84.0 Å². The number of carbonyl (C=O) groups is 2. The Labute approximate surface area is 196 Å². The van der Waals surface area contributed by atoms with E-state index in [1.165, 1.54) is 23.1 Å². The van der Waals surface area contributed by atoms with Crippen LogP contribution in [0, 0.1) is 20.8 Å². The van der Waals surface area contributed by atoms with Crippen molar-refractivity contribution in [3.63, 3.8) is 0 Å². The van der Waals surface area contributed by atoms with Gasteiger partial charge < -0.3 is 5.32 Å². The van der Waals surface area contributed by atoms with Crippen molar-refractivity contribution in [2.24, 2.45) is 0 Å². The molecule has 10 heteroatoms. The summed E-state index contributed by atoms with van der Waals surface area (Å²) in [5, 5.41) is 14.3. The standard InChI is InChI=1S/C20H18BrClN4O2S2/c1-10-6-11(2)17(12(3)7-10)23-16(27)9-29-20-26-25-19(30-20)24-18(28)14-8-13(21)4-5-15(14)22/h4-8H,9H2,1-3H3,(H,23,27)(H,24,25,28). The van der Waals surface area contributed by atoms with E-state index in [1.807, 2.05) is 32.9 Å². The van der Waals surface area contributed by atoms with Crippen LogP contribution in [0.25, 0.3) is 0 Å². The maximum atomic E-state index is 12.4. The summed E-state index contributed by atoms with van der Waals surface area (Å²) < 4.78 is 1.33. The number of thioether (sulfide) groups is 1.